The van der Waals surface area contributed by atoms with Gasteiger partial charge in [0.25, 0.3) is 0 Å². The Kier molecular flexibility index (Phi) is 39.7. The fourth-order valence-corrected chi connectivity index (χ4v) is 8.69. The van der Waals surface area contributed by atoms with Crippen LogP contribution in [0.2, 0.25) is 0 Å². The van der Waals surface area contributed by atoms with E-state index in [2.05, 4.69) is 90.1 Å². The summed E-state index contributed by atoms with van der Waals surface area (Å²) in [5.74, 6) is 0. The van der Waals surface area contributed by atoms with Crippen LogP contribution >= 0.6 is 0 Å². The standard InChI is InChI=1S/C53H86N2.2C2H5.Ni/c1-5-9-13-14-15-16-17-18-19-20-21-22-23-24-25-26-27-28-29-30-31-32-33-36-46-41-43-48(44-42-46)52-50(39-11-7-3)51(40-12-8-4)53(55(52)54)49-38-34-37-47(45-49)35-10-6-2;2*1-2;/h34,37-38,41-45H,5-33,35-36,39-40H2,1-4H3;2*1H2,2H3;/q;2*-1;+2. The second-order valence-corrected chi connectivity index (χ2v) is 17.2. The van der Waals surface area contributed by atoms with Crippen LogP contribution in [0.1, 0.15) is 263 Å². The van der Waals surface area contributed by atoms with Gasteiger partial charge in [-0.2, -0.15) is 13.8 Å². The number of aryl methyl sites for hydroxylation is 2. The topological polar surface area (TPSA) is 25.3 Å². The third-order valence-electron chi connectivity index (χ3n) is 12.2. The molecule has 3 heteroatoms. The van der Waals surface area contributed by atoms with E-state index in [0.29, 0.717) is 0 Å². The van der Waals surface area contributed by atoms with Gasteiger partial charge in [0.1, 0.15) is 0 Å². The van der Waals surface area contributed by atoms with E-state index in [1.807, 2.05) is 0 Å². The monoisotopic (exact) mass is 867 g/mol. The van der Waals surface area contributed by atoms with E-state index in [1.54, 1.807) is 18.5 Å². The molecule has 1 aliphatic rings. The van der Waals surface area contributed by atoms with Gasteiger partial charge >= 0.3 is 16.5 Å². The maximum Gasteiger partial charge on any atom is 2.00 e. The van der Waals surface area contributed by atoms with Crippen LogP contribution in [-0.4, -0.2) is 4.70 Å². The van der Waals surface area contributed by atoms with E-state index in [9.17, 15) is 5.53 Å². The smallest absolute Gasteiger partial charge is 0.493 e. The van der Waals surface area contributed by atoms with Crippen LogP contribution in [-0.2, 0) is 29.3 Å². The first kappa shape index (κ1) is 58.0. The summed E-state index contributed by atoms with van der Waals surface area (Å²) in [5, 5.41) is 0. The third kappa shape index (κ3) is 24.6. The van der Waals surface area contributed by atoms with E-state index < -0.39 is 0 Å². The van der Waals surface area contributed by atoms with Gasteiger partial charge in [0, 0.05) is 22.3 Å². The number of hydrogen-bond acceptors (Lipinski definition) is 0. The van der Waals surface area contributed by atoms with Crippen LogP contribution in [0.4, 0.5) is 0 Å². The summed E-state index contributed by atoms with van der Waals surface area (Å²) >= 11 is 0. The van der Waals surface area contributed by atoms with Crippen molar-refractivity contribution < 1.29 is 21.2 Å². The number of nitrogens with zero attached hydrogens (tertiary/aromatic N) is 2. The maximum absolute atomic E-state index is 11.9. The number of unbranched alkanes of at least 4 members (excludes halogenated alkanes) is 25. The summed E-state index contributed by atoms with van der Waals surface area (Å²) in [5.41, 5.74) is 21.8. The summed E-state index contributed by atoms with van der Waals surface area (Å²) in [4.78, 5) is 0. The van der Waals surface area contributed by atoms with Crippen molar-refractivity contribution in [1.82, 2.24) is 0 Å². The van der Waals surface area contributed by atoms with E-state index in [4.69, 9.17) is 0 Å². The SMILES string of the molecule is CCCCCCCCCCCCCCCCCCCCCCCCCc1ccc(C2=C(CCCC)C(CCCC)=C(c3cccc(CCCC)c3)[N+]2=[N-])cc1.[CH2-]C.[CH2-]C.[Ni+2]. The summed E-state index contributed by atoms with van der Waals surface area (Å²) in [6.45, 7) is 19.1. The maximum atomic E-state index is 11.9. The predicted molar refractivity (Wildman–Crippen MR) is 266 cm³/mol. The zero-order valence-electron chi connectivity index (χ0n) is 40.6. The fourth-order valence-electron chi connectivity index (χ4n) is 8.69. The van der Waals surface area contributed by atoms with Gasteiger partial charge in [-0.25, -0.2) is 4.70 Å². The second kappa shape index (κ2) is 41.0. The molecule has 3 rings (SSSR count). The first-order chi connectivity index (χ1) is 29.1. The number of rotatable bonds is 35. The Labute approximate surface area is 385 Å². The van der Waals surface area contributed by atoms with Crippen molar-refractivity contribution in [2.45, 2.75) is 253 Å². The van der Waals surface area contributed by atoms with Gasteiger partial charge in [0.15, 0.2) is 0 Å². The number of allylic oxidation sites excluding steroid dienone is 2. The van der Waals surface area contributed by atoms with Gasteiger partial charge in [-0.1, -0.05) is 212 Å². The molecule has 1 aliphatic heterocycles. The third-order valence-corrected chi connectivity index (χ3v) is 12.2. The second-order valence-electron chi connectivity index (χ2n) is 17.2. The molecule has 0 amide bonds. The molecule has 0 saturated heterocycles. The van der Waals surface area contributed by atoms with Crippen LogP contribution < -0.4 is 0 Å². The molecule has 0 unspecified atom stereocenters. The van der Waals surface area contributed by atoms with Crippen LogP contribution in [0.15, 0.2) is 59.7 Å². The van der Waals surface area contributed by atoms with Crippen molar-refractivity contribution in [2.24, 2.45) is 0 Å². The van der Waals surface area contributed by atoms with Gasteiger partial charge in [0.05, 0.1) is 0 Å². The van der Waals surface area contributed by atoms with E-state index in [0.717, 1.165) is 73.9 Å². The summed E-state index contributed by atoms with van der Waals surface area (Å²) in [7, 11) is 0. The molecule has 0 aromatic heterocycles. The summed E-state index contributed by atoms with van der Waals surface area (Å²) < 4.78 is 1.56. The van der Waals surface area contributed by atoms with Crippen molar-refractivity contribution in [3.05, 3.63) is 101 Å². The van der Waals surface area contributed by atoms with Crippen LogP contribution in [0.25, 0.3) is 16.9 Å². The Morgan fingerprint density at radius 2 is 0.700 bits per heavy atom. The Balaban J connectivity index is 0.00000675. The molecule has 0 N–H and O–H groups in total. The molecule has 0 bridgehead atoms. The van der Waals surface area contributed by atoms with Crippen LogP contribution in [0.5, 0.6) is 0 Å². The largest absolute Gasteiger partial charge is 2.00 e. The minimum Gasteiger partial charge on any atom is -0.493 e. The minimum atomic E-state index is 0. The number of hydrogen-bond donors (Lipinski definition) is 0. The summed E-state index contributed by atoms with van der Waals surface area (Å²) in [6, 6.07) is 18.1. The zero-order valence-corrected chi connectivity index (χ0v) is 41.6. The van der Waals surface area contributed by atoms with Crippen molar-refractivity contribution in [2.75, 3.05) is 0 Å². The summed E-state index contributed by atoms with van der Waals surface area (Å²) in [6.07, 6.45) is 44.2. The van der Waals surface area contributed by atoms with E-state index in [-0.39, 0.29) is 16.5 Å². The molecule has 0 fully saturated rings. The Morgan fingerprint density at radius 3 is 1.10 bits per heavy atom. The predicted octanol–water partition coefficient (Wildman–Crippen LogP) is 19.8. The molecule has 0 radical (unpaired) electrons. The minimum absolute atomic E-state index is 0. The molecule has 1 heterocycles. The number of benzene rings is 2. The van der Waals surface area contributed by atoms with Gasteiger partial charge in [-0.15, -0.1) is 0 Å². The molecule has 2 nitrogen and oxygen atoms in total. The first-order valence-corrected chi connectivity index (χ1v) is 25.7. The first-order valence-electron chi connectivity index (χ1n) is 25.7. The molecular formula is C57H96N2Ni. The molecule has 0 aliphatic carbocycles. The van der Waals surface area contributed by atoms with E-state index in [1.165, 1.54) is 183 Å². The van der Waals surface area contributed by atoms with Crippen molar-refractivity contribution in [1.29, 1.82) is 0 Å². The van der Waals surface area contributed by atoms with Crippen molar-refractivity contribution >= 4 is 11.4 Å². The zero-order chi connectivity index (χ0) is 43.2. The van der Waals surface area contributed by atoms with Crippen molar-refractivity contribution in [3.63, 3.8) is 0 Å². The molecular weight excluding hydrogens is 771 g/mol. The van der Waals surface area contributed by atoms with Gasteiger partial charge < -0.3 is 19.4 Å². The van der Waals surface area contributed by atoms with Crippen molar-refractivity contribution in [3.8, 4) is 0 Å². The van der Waals surface area contributed by atoms with Gasteiger partial charge in [0.2, 0.25) is 11.4 Å². The molecule has 2 aromatic carbocycles. The Morgan fingerprint density at radius 1 is 0.367 bits per heavy atom. The van der Waals surface area contributed by atoms with E-state index >= 15 is 0 Å². The van der Waals surface area contributed by atoms with Gasteiger partial charge in [-0.05, 0) is 86.8 Å². The normalized spacial score (nSPS) is 12.3. The average Bonchev–Trinajstić information content (AvgIpc) is 3.55. The fraction of sp³-hybridized carbons (Fsp3) is 0.684. The molecule has 60 heavy (non-hydrogen) atoms. The molecule has 344 valence electrons. The van der Waals surface area contributed by atoms with Crippen LogP contribution in [0.3, 0.4) is 0 Å². The Hall–Kier alpha value is -1.99. The molecule has 0 spiro atoms. The van der Waals surface area contributed by atoms with Crippen LogP contribution in [0, 0.1) is 13.8 Å². The van der Waals surface area contributed by atoms with Gasteiger partial charge in [-0.3, -0.25) is 0 Å². The quantitative estimate of drug-likeness (QED) is 0.0285. The molecule has 2 aromatic rings. The molecule has 0 atom stereocenters. The Bertz CT molecular complexity index is 1350. The molecule has 0 saturated carbocycles. The average molecular weight is 868 g/mol.